The maximum atomic E-state index is 13.0. The van der Waals surface area contributed by atoms with E-state index in [1.165, 1.54) is 9.13 Å². The molecule has 0 radical (unpaired) electrons. The lowest BCUT2D eigenvalue weighted by Gasteiger charge is -2.27. The minimum Gasteiger partial charge on any atom is -0.386 e. The highest BCUT2D eigenvalue weighted by Gasteiger charge is 2.54. The smallest absolute Gasteiger partial charge is 0.386 e. The third kappa shape index (κ3) is 5.04. The predicted molar refractivity (Wildman–Crippen MR) is 137 cm³/mol. The van der Waals surface area contributed by atoms with E-state index in [1.54, 1.807) is 0 Å². The summed E-state index contributed by atoms with van der Waals surface area (Å²) in [5.41, 5.74) is -1.36. The molecule has 4 aromatic rings. The van der Waals surface area contributed by atoms with Gasteiger partial charge in [0.25, 0.3) is 11.1 Å². The largest absolute Gasteiger partial charge is 0.472 e. The number of aliphatic hydroxyl groups excluding tert-OH is 2. The first-order valence-corrected chi connectivity index (χ1v) is 15.7. The molecule has 0 aliphatic carbocycles. The molecule has 3 aliphatic rings. The molecular formula is C20H22N8O14P2. The van der Waals surface area contributed by atoms with Gasteiger partial charge in [-0.1, -0.05) is 0 Å². The molecule has 0 amide bonds. The van der Waals surface area contributed by atoms with Crippen molar-refractivity contribution in [1.82, 2.24) is 39.0 Å². The zero-order valence-corrected chi connectivity index (χ0v) is 23.6. The third-order valence-corrected chi connectivity index (χ3v) is 9.18. The van der Waals surface area contributed by atoms with E-state index < -0.39 is 89.1 Å². The van der Waals surface area contributed by atoms with Crippen LogP contribution in [0.1, 0.15) is 12.5 Å². The van der Waals surface area contributed by atoms with Gasteiger partial charge >= 0.3 is 15.6 Å². The average Bonchev–Trinajstić information content (AvgIpc) is 3.73. The molecule has 3 saturated heterocycles. The number of H-pyrrole nitrogens is 2. The fraction of sp³-hybridized carbons (Fsp3) is 0.500. The summed E-state index contributed by atoms with van der Waals surface area (Å²) in [6.45, 7) is -1.66. The van der Waals surface area contributed by atoms with Crippen LogP contribution < -0.4 is 11.1 Å². The zero-order chi connectivity index (χ0) is 31.0. The maximum absolute atomic E-state index is 13.0. The quantitative estimate of drug-likeness (QED) is 0.124. The number of nitrogens with one attached hydrogen (secondary N) is 2. The number of aromatic nitrogens is 8. The summed E-state index contributed by atoms with van der Waals surface area (Å²) in [6.07, 6.45) is -8.16. The Labute approximate surface area is 242 Å². The molecule has 0 aromatic carbocycles. The van der Waals surface area contributed by atoms with Gasteiger partial charge < -0.3 is 39.4 Å². The van der Waals surface area contributed by atoms with E-state index in [0.717, 1.165) is 25.3 Å². The van der Waals surface area contributed by atoms with Crippen molar-refractivity contribution in [3.05, 3.63) is 46.0 Å². The molecule has 0 bridgehead atoms. The number of imidazole rings is 2. The van der Waals surface area contributed by atoms with E-state index in [1.807, 2.05) is 0 Å². The Morgan fingerprint density at radius 2 is 1.14 bits per heavy atom. The van der Waals surface area contributed by atoms with Gasteiger partial charge in [0, 0.05) is 0 Å². The van der Waals surface area contributed by atoms with Gasteiger partial charge in [0.05, 0.1) is 38.5 Å². The summed E-state index contributed by atoms with van der Waals surface area (Å²) in [6, 6.07) is 0. The van der Waals surface area contributed by atoms with Crippen molar-refractivity contribution in [2.45, 2.75) is 49.1 Å². The van der Waals surface area contributed by atoms with Crippen LogP contribution in [0.15, 0.2) is 34.9 Å². The molecule has 22 nitrogen and oxygen atoms in total. The molecule has 3 aliphatic heterocycles. The number of ether oxygens (including phenoxy) is 2. The molecule has 7 rings (SSSR count). The number of nitrogens with zero attached hydrogens (tertiary/aromatic N) is 6. The molecule has 0 spiro atoms. The lowest BCUT2D eigenvalue weighted by atomic mass is 10.1. The summed E-state index contributed by atoms with van der Waals surface area (Å²) in [5.74, 6) is 0. The Bertz CT molecular complexity index is 1810. The van der Waals surface area contributed by atoms with Crippen LogP contribution in [0.2, 0.25) is 0 Å². The van der Waals surface area contributed by atoms with E-state index in [-0.39, 0.29) is 22.3 Å². The molecule has 44 heavy (non-hydrogen) atoms. The first-order valence-electron chi connectivity index (χ1n) is 12.7. The van der Waals surface area contributed by atoms with Crippen LogP contribution in [-0.4, -0.2) is 109 Å². The number of hydrogen-bond acceptors (Lipinski definition) is 16. The van der Waals surface area contributed by atoms with Crippen molar-refractivity contribution in [3.8, 4) is 0 Å². The van der Waals surface area contributed by atoms with Gasteiger partial charge in [0.2, 0.25) is 0 Å². The highest BCUT2D eigenvalue weighted by Crippen LogP contribution is 2.53. The van der Waals surface area contributed by atoms with Crippen LogP contribution in [0.3, 0.4) is 0 Å². The first-order chi connectivity index (χ1) is 20.9. The minimum atomic E-state index is -5.05. The van der Waals surface area contributed by atoms with Crippen LogP contribution in [0.25, 0.3) is 22.3 Å². The maximum Gasteiger partial charge on any atom is 0.472 e. The van der Waals surface area contributed by atoms with Crippen molar-refractivity contribution in [3.63, 3.8) is 0 Å². The van der Waals surface area contributed by atoms with Crippen LogP contribution in [0.5, 0.6) is 0 Å². The number of hydrogen-bond donors (Lipinski definition) is 6. The Morgan fingerprint density at radius 3 is 1.55 bits per heavy atom. The number of phosphoric ester groups is 2. The van der Waals surface area contributed by atoms with Crippen molar-refractivity contribution < 1.29 is 56.7 Å². The molecule has 10 atom stereocenters. The van der Waals surface area contributed by atoms with Crippen molar-refractivity contribution in [1.29, 1.82) is 0 Å². The highest BCUT2D eigenvalue weighted by atomic mass is 31.2. The summed E-state index contributed by atoms with van der Waals surface area (Å²) < 4.78 is 60.6. The van der Waals surface area contributed by atoms with Gasteiger partial charge in [0.15, 0.2) is 34.8 Å². The summed E-state index contributed by atoms with van der Waals surface area (Å²) in [7, 11) is -10.1. The Hall–Kier alpha value is -3.24. The highest BCUT2D eigenvalue weighted by molar-refractivity contribution is 7.47. The van der Waals surface area contributed by atoms with Gasteiger partial charge in [-0.2, -0.15) is 0 Å². The van der Waals surface area contributed by atoms with Crippen LogP contribution in [0.4, 0.5) is 0 Å². The van der Waals surface area contributed by atoms with E-state index in [9.17, 15) is 38.7 Å². The number of rotatable bonds is 2. The predicted octanol–water partition coefficient (Wildman–Crippen LogP) is -2.21. The number of aromatic amines is 2. The third-order valence-electron chi connectivity index (χ3n) is 7.21. The average molecular weight is 660 g/mol. The molecule has 4 aromatic heterocycles. The molecule has 0 saturated carbocycles. The molecule has 2 unspecified atom stereocenters. The SMILES string of the molecule is O=c1[nH]cnc2c1ncn2[C@@H]1O[C@H]2COP(=O)(O)O[C@@H]3[C@H](O)[C@H](n4cnc5c(=O)[nH]cnc54)O[C@@H]3COP(=O)(O)O[C@@H]2[C@@H]1O. The second-order valence-corrected chi connectivity index (χ2v) is 12.7. The van der Waals surface area contributed by atoms with Gasteiger partial charge in [-0.25, -0.2) is 29.1 Å². The second kappa shape index (κ2) is 10.7. The van der Waals surface area contributed by atoms with Crippen molar-refractivity contribution >= 4 is 38.0 Å². The molecular weight excluding hydrogens is 638 g/mol. The summed E-state index contributed by atoms with van der Waals surface area (Å²) in [4.78, 5) is 65.8. The standard InChI is InChI=1S/C20H22N8O14P2/c29-11-13-7(39-19(11)27-5-25-9-15(27)21-3-23-17(9)31)1-37-43(33,34)42-14-8(2-38-44(35,36)41-13)40-20(12(14)30)28-6-26-10-16(28)22-4-24-18(10)32/h3-8,11-14,19-20,29-30H,1-2H2,(H,33,34)(H,35,36)(H,21,23,31)(H,22,24,32)/t7-,8+,11-,12-,13-,14-,19+,20+/m0/s1. The van der Waals surface area contributed by atoms with E-state index >= 15 is 0 Å². The fourth-order valence-corrected chi connectivity index (χ4v) is 7.16. The molecule has 3 fully saturated rings. The molecule has 7 heterocycles. The second-order valence-electron chi connectivity index (χ2n) is 9.89. The Kier molecular flexibility index (Phi) is 7.16. The zero-order valence-electron chi connectivity index (χ0n) is 21.8. The number of fused-ring (bicyclic) bond motifs is 4. The summed E-state index contributed by atoms with van der Waals surface area (Å²) in [5, 5.41) is 22.1. The van der Waals surface area contributed by atoms with Crippen LogP contribution in [0, 0.1) is 0 Å². The summed E-state index contributed by atoms with van der Waals surface area (Å²) >= 11 is 0. The Balaban J connectivity index is 1.17. The first kappa shape index (κ1) is 29.5. The van der Waals surface area contributed by atoms with E-state index in [4.69, 9.17) is 27.6 Å². The van der Waals surface area contributed by atoms with Gasteiger partial charge in [-0.05, 0) is 0 Å². The fourth-order valence-electron chi connectivity index (χ4n) is 5.23. The van der Waals surface area contributed by atoms with Gasteiger partial charge in [-0.3, -0.25) is 36.8 Å². The molecule has 236 valence electrons. The normalized spacial score (nSPS) is 38.3. The van der Waals surface area contributed by atoms with E-state index in [2.05, 4.69) is 29.9 Å². The van der Waals surface area contributed by atoms with Crippen molar-refractivity contribution in [2.24, 2.45) is 0 Å². The van der Waals surface area contributed by atoms with Crippen molar-refractivity contribution in [2.75, 3.05) is 13.2 Å². The molecule has 24 heteroatoms. The lowest BCUT2D eigenvalue weighted by molar-refractivity contribution is -0.0664. The molecule has 6 N–H and O–H groups in total. The van der Waals surface area contributed by atoms with Gasteiger partial charge in [0.1, 0.15) is 36.6 Å². The number of phosphoric acid groups is 2. The van der Waals surface area contributed by atoms with Crippen LogP contribution in [-0.2, 0) is 36.7 Å². The van der Waals surface area contributed by atoms with Crippen LogP contribution >= 0.6 is 15.6 Å². The minimum absolute atomic E-state index is 0.00498. The van der Waals surface area contributed by atoms with E-state index in [0.29, 0.717) is 0 Å². The lowest BCUT2D eigenvalue weighted by Crippen LogP contribution is -2.39. The number of aliphatic hydroxyl groups is 2. The topological polar surface area (TPSA) is 298 Å². The monoisotopic (exact) mass is 660 g/mol. The van der Waals surface area contributed by atoms with Gasteiger partial charge in [-0.15, -0.1) is 0 Å². The Morgan fingerprint density at radius 1 is 0.727 bits per heavy atom.